The summed E-state index contributed by atoms with van der Waals surface area (Å²) < 4.78 is 0. The maximum atomic E-state index is 11.8. The zero-order valence-electron chi connectivity index (χ0n) is 9.26. The molecule has 0 bridgehead atoms. The molecule has 2 fully saturated rings. The van der Waals surface area contributed by atoms with Crippen LogP contribution >= 0.6 is 0 Å². The SMILES string of the molecule is CC1NCCC1C(=O)NC1CC1(C)C. The molecule has 14 heavy (non-hydrogen) atoms. The summed E-state index contributed by atoms with van der Waals surface area (Å²) in [5, 5.41) is 6.44. The van der Waals surface area contributed by atoms with Crippen LogP contribution in [0.1, 0.15) is 33.6 Å². The van der Waals surface area contributed by atoms with Crippen LogP contribution in [0.4, 0.5) is 0 Å². The van der Waals surface area contributed by atoms with Crippen molar-refractivity contribution in [3.8, 4) is 0 Å². The molecule has 0 aromatic rings. The van der Waals surface area contributed by atoms with Gasteiger partial charge in [-0.25, -0.2) is 0 Å². The smallest absolute Gasteiger partial charge is 0.224 e. The third kappa shape index (κ3) is 1.78. The molecule has 0 radical (unpaired) electrons. The largest absolute Gasteiger partial charge is 0.353 e. The van der Waals surface area contributed by atoms with Gasteiger partial charge in [-0.05, 0) is 31.7 Å². The normalized spacial score (nSPS) is 39.5. The molecule has 3 unspecified atom stereocenters. The molecule has 1 amide bonds. The summed E-state index contributed by atoms with van der Waals surface area (Å²) in [6.07, 6.45) is 2.12. The summed E-state index contributed by atoms with van der Waals surface area (Å²) in [5.74, 6) is 0.435. The van der Waals surface area contributed by atoms with Crippen molar-refractivity contribution in [3.05, 3.63) is 0 Å². The number of rotatable bonds is 2. The zero-order chi connectivity index (χ0) is 10.3. The third-order valence-electron chi connectivity index (χ3n) is 3.69. The highest BCUT2D eigenvalue weighted by atomic mass is 16.2. The van der Waals surface area contributed by atoms with Crippen molar-refractivity contribution in [2.45, 2.75) is 45.7 Å². The van der Waals surface area contributed by atoms with Gasteiger partial charge in [0.15, 0.2) is 0 Å². The summed E-state index contributed by atoms with van der Waals surface area (Å²) >= 11 is 0. The van der Waals surface area contributed by atoms with Crippen molar-refractivity contribution in [3.63, 3.8) is 0 Å². The summed E-state index contributed by atoms with van der Waals surface area (Å²) in [6.45, 7) is 7.48. The van der Waals surface area contributed by atoms with Crippen LogP contribution in [0.2, 0.25) is 0 Å². The Hall–Kier alpha value is -0.570. The second-order valence-electron chi connectivity index (χ2n) is 5.39. The van der Waals surface area contributed by atoms with E-state index in [2.05, 4.69) is 31.4 Å². The van der Waals surface area contributed by atoms with Crippen LogP contribution in [0.5, 0.6) is 0 Å². The lowest BCUT2D eigenvalue weighted by atomic mass is 10.0. The van der Waals surface area contributed by atoms with E-state index in [1.165, 1.54) is 0 Å². The predicted molar refractivity (Wildman–Crippen MR) is 55.9 cm³/mol. The number of carbonyl (C=O) groups is 1. The highest BCUT2D eigenvalue weighted by Crippen LogP contribution is 2.44. The van der Waals surface area contributed by atoms with Crippen molar-refractivity contribution in [2.75, 3.05) is 6.54 Å². The lowest BCUT2D eigenvalue weighted by molar-refractivity contribution is -0.125. The lowest BCUT2D eigenvalue weighted by Gasteiger charge is -2.15. The van der Waals surface area contributed by atoms with Crippen LogP contribution in [0.15, 0.2) is 0 Å². The van der Waals surface area contributed by atoms with E-state index in [4.69, 9.17) is 0 Å². The molecule has 0 spiro atoms. The van der Waals surface area contributed by atoms with Crippen LogP contribution in [0, 0.1) is 11.3 Å². The van der Waals surface area contributed by atoms with E-state index in [0.29, 0.717) is 17.5 Å². The summed E-state index contributed by atoms with van der Waals surface area (Å²) in [6, 6.07) is 0.764. The average molecular weight is 196 g/mol. The number of hydrogen-bond acceptors (Lipinski definition) is 2. The summed E-state index contributed by atoms with van der Waals surface area (Å²) in [5.41, 5.74) is 0.338. The maximum absolute atomic E-state index is 11.8. The fraction of sp³-hybridized carbons (Fsp3) is 0.909. The lowest BCUT2D eigenvalue weighted by Crippen LogP contribution is -2.38. The van der Waals surface area contributed by atoms with Crippen LogP contribution in [-0.2, 0) is 4.79 Å². The van der Waals surface area contributed by atoms with Crippen molar-refractivity contribution in [1.29, 1.82) is 0 Å². The van der Waals surface area contributed by atoms with Crippen molar-refractivity contribution < 1.29 is 4.79 Å². The number of nitrogens with one attached hydrogen (secondary N) is 2. The molecule has 0 aromatic heterocycles. The topological polar surface area (TPSA) is 41.1 Å². The molecule has 2 aliphatic rings. The summed E-state index contributed by atoms with van der Waals surface area (Å²) in [7, 11) is 0. The molecular formula is C11H20N2O. The molecule has 1 aliphatic carbocycles. The van der Waals surface area contributed by atoms with Crippen LogP contribution in [-0.4, -0.2) is 24.5 Å². The first-order chi connectivity index (χ1) is 6.50. The Morgan fingerprint density at radius 3 is 2.57 bits per heavy atom. The van der Waals surface area contributed by atoms with Crippen LogP contribution in [0.3, 0.4) is 0 Å². The van der Waals surface area contributed by atoms with Gasteiger partial charge in [0, 0.05) is 12.1 Å². The molecule has 3 heteroatoms. The fourth-order valence-electron chi connectivity index (χ4n) is 2.21. The second kappa shape index (κ2) is 3.23. The quantitative estimate of drug-likeness (QED) is 0.689. The molecule has 1 heterocycles. The number of amides is 1. The van der Waals surface area contributed by atoms with Gasteiger partial charge in [-0.3, -0.25) is 4.79 Å². The molecule has 0 aromatic carbocycles. The van der Waals surface area contributed by atoms with Gasteiger partial charge in [-0.2, -0.15) is 0 Å². The van der Waals surface area contributed by atoms with Gasteiger partial charge in [0.1, 0.15) is 0 Å². The number of carbonyl (C=O) groups excluding carboxylic acids is 1. The van der Waals surface area contributed by atoms with Crippen LogP contribution in [0.25, 0.3) is 0 Å². The van der Waals surface area contributed by atoms with E-state index >= 15 is 0 Å². The molecule has 3 atom stereocenters. The monoisotopic (exact) mass is 196 g/mol. The highest BCUT2D eigenvalue weighted by molar-refractivity contribution is 5.80. The molecule has 2 N–H and O–H groups in total. The first-order valence-electron chi connectivity index (χ1n) is 5.54. The Morgan fingerprint density at radius 1 is 1.50 bits per heavy atom. The molecule has 1 saturated carbocycles. The zero-order valence-corrected chi connectivity index (χ0v) is 9.26. The van der Waals surface area contributed by atoms with Gasteiger partial charge in [0.25, 0.3) is 0 Å². The van der Waals surface area contributed by atoms with Gasteiger partial charge in [-0.1, -0.05) is 13.8 Å². The summed E-state index contributed by atoms with van der Waals surface area (Å²) in [4.78, 5) is 11.8. The van der Waals surface area contributed by atoms with Crippen LogP contribution < -0.4 is 10.6 Å². The minimum Gasteiger partial charge on any atom is -0.353 e. The van der Waals surface area contributed by atoms with Crippen molar-refractivity contribution in [2.24, 2.45) is 11.3 Å². The maximum Gasteiger partial charge on any atom is 0.224 e. The predicted octanol–water partition coefficient (Wildman–Crippen LogP) is 0.899. The van der Waals surface area contributed by atoms with Gasteiger partial charge in [-0.15, -0.1) is 0 Å². The van der Waals surface area contributed by atoms with E-state index in [1.807, 2.05) is 0 Å². The molecular weight excluding hydrogens is 176 g/mol. The van der Waals surface area contributed by atoms with E-state index < -0.39 is 0 Å². The Morgan fingerprint density at radius 2 is 2.14 bits per heavy atom. The first kappa shape index (κ1) is 9.97. The van der Waals surface area contributed by atoms with Gasteiger partial charge in [0.2, 0.25) is 5.91 Å². The fourth-order valence-corrected chi connectivity index (χ4v) is 2.21. The molecule has 1 aliphatic heterocycles. The van der Waals surface area contributed by atoms with Gasteiger partial charge in [0.05, 0.1) is 5.92 Å². The van der Waals surface area contributed by atoms with Gasteiger partial charge >= 0.3 is 0 Å². The molecule has 80 valence electrons. The highest BCUT2D eigenvalue weighted by Gasteiger charge is 2.47. The first-order valence-corrected chi connectivity index (χ1v) is 5.54. The third-order valence-corrected chi connectivity index (χ3v) is 3.69. The van der Waals surface area contributed by atoms with Crippen molar-refractivity contribution in [1.82, 2.24) is 10.6 Å². The van der Waals surface area contributed by atoms with E-state index in [9.17, 15) is 4.79 Å². The van der Waals surface area contributed by atoms with E-state index in [-0.39, 0.29) is 11.8 Å². The molecule has 1 saturated heterocycles. The Balaban J connectivity index is 1.84. The molecule has 3 nitrogen and oxygen atoms in total. The van der Waals surface area contributed by atoms with Gasteiger partial charge < -0.3 is 10.6 Å². The molecule has 2 rings (SSSR count). The average Bonchev–Trinajstić information content (AvgIpc) is 2.53. The minimum atomic E-state index is 0.186. The Kier molecular flexibility index (Phi) is 2.30. The number of hydrogen-bond donors (Lipinski definition) is 2. The second-order valence-corrected chi connectivity index (χ2v) is 5.39. The van der Waals surface area contributed by atoms with Crippen molar-refractivity contribution >= 4 is 5.91 Å². The van der Waals surface area contributed by atoms with E-state index in [1.54, 1.807) is 0 Å². The Labute approximate surface area is 85.6 Å². The minimum absolute atomic E-state index is 0.186. The Bertz CT molecular complexity index is 250. The van der Waals surface area contributed by atoms with E-state index in [0.717, 1.165) is 19.4 Å². The standard InChI is InChI=1S/C11H20N2O/c1-7-8(4-5-12-7)10(14)13-9-6-11(9,2)3/h7-9,12H,4-6H2,1-3H3,(H,13,14).